The van der Waals surface area contributed by atoms with Crippen molar-refractivity contribution in [2.45, 2.75) is 13.0 Å². The van der Waals surface area contributed by atoms with Gasteiger partial charge in [0, 0.05) is 0 Å². The highest BCUT2D eigenvalue weighted by Crippen LogP contribution is 2.20. The molecule has 0 aliphatic heterocycles. The first-order valence-corrected chi connectivity index (χ1v) is 5.80. The Hall–Kier alpha value is -1.94. The summed E-state index contributed by atoms with van der Waals surface area (Å²) in [5.41, 5.74) is 7.62. The number of nitrogens with two attached hydrogens (primary N) is 1. The molecular weight excluding hydrogens is 231 g/mol. The average molecular weight is 246 g/mol. The number of nitrogens with zero attached hydrogens (tertiary/aromatic N) is 1. The van der Waals surface area contributed by atoms with Gasteiger partial charge in [0.05, 0.1) is 24.5 Å². The highest BCUT2D eigenvalue weighted by atomic mass is 19.1. The Morgan fingerprint density at radius 2 is 1.94 bits per heavy atom. The Labute approximate surface area is 105 Å². The molecule has 1 atom stereocenters. The molecule has 18 heavy (non-hydrogen) atoms. The van der Waals surface area contributed by atoms with Crippen molar-refractivity contribution in [3.8, 4) is 5.75 Å². The van der Waals surface area contributed by atoms with Gasteiger partial charge in [-0.2, -0.15) is 0 Å². The van der Waals surface area contributed by atoms with Crippen LogP contribution in [0.4, 0.5) is 4.39 Å². The van der Waals surface area contributed by atoms with Crippen LogP contribution >= 0.6 is 0 Å². The summed E-state index contributed by atoms with van der Waals surface area (Å²) < 4.78 is 18.1. The van der Waals surface area contributed by atoms with E-state index in [4.69, 9.17) is 10.5 Å². The average Bonchev–Trinajstić information content (AvgIpc) is 2.40. The van der Waals surface area contributed by atoms with E-state index in [2.05, 4.69) is 4.98 Å². The van der Waals surface area contributed by atoms with Crippen molar-refractivity contribution >= 4 is 0 Å². The van der Waals surface area contributed by atoms with Gasteiger partial charge in [-0.05, 0) is 36.8 Å². The Balaban J connectivity index is 2.17. The maximum atomic E-state index is 12.8. The van der Waals surface area contributed by atoms with Gasteiger partial charge in [-0.1, -0.05) is 12.1 Å². The van der Waals surface area contributed by atoms with E-state index in [1.165, 1.54) is 12.3 Å². The summed E-state index contributed by atoms with van der Waals surface area (Å²) in [6.07, 6.45) is 1.17. The molecule has 1 aromatic carbocycles. The van der Waals surface area contributed by atoms with Gasteiger partial charge in [0.2, 0.25) is 0 Å². The molecule has 0 spiro atoms. The van der Waals surface area contributed by atoms with Crippen LogP contribution in [-0.4, -0.2) is 11.6 Å². The third-order valence-electron chi connectivity index (χ3n) is 2.62. The van der Waals surface area contributed by atoms with Gasteiger partial charge in [0.25, 0.3) is 0 Å². The van der Waals surface area contributed by atoms with Crippen LogP contribution in [0, 0.1) is 5.82 Å². The fourth-order valence-electron chi connectivity index (χ4n) is 1.68. The molecule has 0 aliphatic carbocycles. The lowest BCUT2D eigenvalue weighted by molar-refractivity contribution is 0.340. The number of hydrogen-bond acceptors (Lipinski definition) is 3. The molecule has 2 aromatic rings. The van der Waals surface area contributed by atoms with Crippen molar-refractivity contribution in [2.75, 3.05) is 6.61 Å². The number of aromatic nitrogens is 1. The zero-order valence-corrected chi connectivity index (χ0v) is 10.1. The normalized spacial score (nSPS) is 12.2. The number of pyridine rings is 1. The molecule has 1 heterocycles. The molecule has 2 N–H and O–H groups in total. The fourth-order valence-corrected chi connectivity index (χ4v) is 1.68. The van der Waals surface area contributed by atoms with Crippen molar-refractivity contribution in [3.63, 3.8) is 0 Å². The molecule has 0 radical (unpaired) electrons. The van der Waals surface area contributed by atoms with Crippen LogP contribution in [0.15, 0.2) is 42.6 Å². The number of rotatable bonds is 4. The second kappa shape index (κ2) is 5.60. The van der Waals surface area contributed by atoms with Gasteiger partial charge in [0.1, 0.15) is 11.6 Å². The van der Waals surface area contributed by atoms with E-state index in [0.29, 0.717) is 12.3 Å². The number of ether oxygens (including phenoxy) is 1. The third-order valence-corrected chi connectivity index (χ3v) is 2.62. The van der Waals surface area contributed by atoms with E-state index in [-0.39, 0.29) is 11.9 Å². The number of benzene rings is 1. The summed E-state index contributed by atoms with van der Waals surface area (Å²) in [5.74, 6) is 0.443. The van der Waals surface area contributed by atoms with Crippen molar-refractivity contribution in [3.05, 3.63) is 59.7 Å². The monoisotopic (exact) mass is 246 g/mol. The number of hydrogen-bond donors (Lipinski definition) is 1. The Bertz CT molecular complexity index is 496. The molecule has 2 rings (SSSR count). The summed E-state index contributed by atoms with van der Waals surface area (Å²) in [6.45, 7) is 2.56. The van der Waals surface area contributed by atoms with Crippen LogP contribution in [0.25, 0.3) is 0 Å². The minimum absolute atomic E-state index is 0.360. The molecule has 0 bridgehead atoms. The molecule has 1 unspecified atom stereocenters. The first-order chi connectivity index (χ1) is 8.70. The fraction of sp³-hybridized carbons (Fsp3) is 0.214. The molecule has 0 aliphatic rings. The van der Waals surface area contributed by atoms with E-state index in [1.807, 2.05) is 31.2 Å². The van der Waals surface area contributed by atoms with Gasteiger partial charge in [-0.25, -0.2) is 4.39 Å². The summed E-state index contributed by atoms with van der Waals surface area (Å²) >= 11 is 0. The highest BCUT2D eigenvalue weighted by Gasteiger charge is 2.10. The van der Waals surface area contributed by atoms with Crippen molar-refractivity contribution in [1.29, 1.82) is 0 Å². The van der Waals surface area contributed by atoms with Gasteiger partial charge >= 0.3 is 0 Å². The van der Waals surface area contributed by atoms with E-state index < -0.39 is 0 Å². The highest BCUT2D eigenvalue weighted by molar-refractivity contribution is 5.32. The molecule has 0 fully saturated rings. The first-order valence-electron chi connectivity index (χ1n) is 5.80. The molecule has 4 heteroatoms. The summed E-state index contributed by atoms with van der Waals surface area (Å²) in [6, 6.07) is 10.1. The molecule has 3 nitrogen and oxygen atoms in total. The van der Waals surface area contributed by atoms with Crippen molar-refractivity contribution < 1.29 is 9.13 Å². The topological polar surface area (TPSA) is 48.1 Å². The predicted molar refractivity (Wildman–Crippen MR) is 67.8 cm³/mol. The maximum absolute atomic E-state index is 12.8. The minimum atomic E-state index is -0.363. The summed E-state index contributed by atoms with van der Waals surface area (Å²) in [5, 5.41) is 0. The number of halogens is 1. The molecule has 0 saturated heterocycles. The lowest BCUT2D eigenvalue weighted by Gasteiger charge is -2.12. The summed E-state index contributed by atoms with van der Waals surface area (Å²) in [4.78, 5) is 3.98. The second-order valence-corrected chi connectivity index (χ2v) is 3.88. The van der Waals surface area contributed by atoms with Crippen LogP contribution in [0.2, 0.25) is 0 Å². The van der Waals surface area contributed by atoms with E-state index in [1.54, 1.807) is 6.07 Å². The largest absolute Gasteiger partial charge is 0.494 e. The molecule has 94 valence electrons. The van der Waals surface area contributed by atoms with E-state index in [0.717, 1.165) is 11.3 Å². The Morgan fingerprint density at radius 3 is 2.50 bits per heavy atom. The lowest BCUT2D eigenvalue weighted by atomic mass is 10.0. The van der Waals surface area contributed by atoms with Crippen LogP contribution in [0.3, 0.4) is 0 Å². The minimum Gasteiger partial charge on any atom is -0.494 e. The molecule has 0 amide bonds. The van der Waals surface area contributed by atoms with Crippen molar-refractivity contribution in [1.82, 2.24) is 4.98 Å². The zero-order chi connectivity index (χ0) is 13.0. The SMILES string of the molecule is CCOc1ccc(C(N)c2ccc(F)cn2)cc1. The lowest BCUT2D eigenvalue weighted by Crippen LogP contribution is -2.13. The first kappa shape index (κ1) is 12.5. The third kappa shape index (κ3) is 2.84. The van der Waals surface area contributed by atoms with Gasteiger partial charge in [-0.3, -0.25) is 4.98 Å². The zero-order valence-electron chi connectivity index (χ0n) is 10.1. The standard InChI is InChI=1S/C14H15FN2O/c1-2-18-12-6-3-10(4-7-12)14(16)13-8-5-11(15)9-17-13/h3-9,14H,2,16H2,1H3. The van der Waals surface area contributed by atoms with Crippen LogP contribution in [-0.2, 0) is 0 Å². The quantitative estimate of drug-likeness (QED) is 0.902. The van der Waals surface area contributed by atoms with Gasteiger partial charge in [0.15, 0.2) is 0 Å². The second-order valence-electron chi connectivity index (χ2n) is 3.88. The predicted octanol–water partition coefficient (Wildman–Crippen LogP) is 2.67. The summed E-state index contributed by atoms with van der Waals surface area (Å²) in [7, 11) is 0. The van der Waals surface area contributed by atoms with Crippen LogP contribution in [0.1, 0.15) is 24.2 Å². The smallest absolute Gasteiger partial charge is 0.141 e. The molecular formula is C14H15FN2O. The Morgan fingerprint density at radius 1 is 1.22 bits per heavy atom. The van der Waals surface area contributed by atoms with E-state index >= 15 is 0 Å². The molecule has 0 saturated carbocycles. The van der Waals surface area contributed by atoms with Crippen molar-refractivity contribution in [2.24, 2.45) is 5.73 Å². The maximum Gasteiger partial charge on any atom is 0.141 e. The van der Waals surface area contributed by atoms with Crippen LogP contribution in [0.5, 0.6) is 5.75 Å². The molecule has 1 aromatic heterocycles. The van der Waals surface area contributed by atoms with E-state index in [9.17, 15) is 4.39 Å². The Kier molecular flexibility index (Phi) is 3.89. The van der Waals surface area contributed by atoms with Crippen LogP contribution < -0.4 is 10.5 Å². The van der Waals surface area contributed by atoms with Gasteiger partial charge in [-0.15, -0.1) is 0 Å². The van der Waals surface area contributed by atoms with Gasteiger partial charge < -0.3 is 10.5 Å².